The molecule has 0 radical (unpaired) electrons. The third kappa shape index (κ3) is 5.43. The molecule has 0 aromatic rings. The van der Waals surface area contributed by atoms with Crippen molar-refractivity contribution >= 4 is 0 Å². The molecule has 0 saturated heterocycles. The molecular formula is C27H39Er. The normalized spacial score (nSPS) is 19.2. The molecule has 0 aromatic carbocycles. The summed E-state index contributed by atoms with van der Waals surface area (Å²) in [5, 5.41) is 0. The van der Waals surface area contributed by atoms with Crippen molar-refractivity contribution in [1.29, 1.82) is 0 Å². The zero-order chi connectivity index (χ0) is 19.8. The minimum atomic E-state index is -1.24. The predicted octanol–water partition coefficient (Wildman–Crippen LogP) is 8.82. The van der Waals surface area contributed by atoms with Gasteiger partial charge in [-0.05, 0) is 0 Å². The van der Waals surface area contributed by atoms with Gasteiger partial charge in [-0.2, -0.15) is 0 Å². The number of rotatable bonds is 12. The molecule has 0 amide bonds. The summed E-state index contributed by atoms with van der Waals surface area (Å²) >= 11 is -1.24. The molecule has 159 valence electrons. The van der Waals surface area contributed by atoms with Gasteiger partial charge in [-0.15, -0.1) is 0 Å². The van der Waals surface area contributed by atoms with E-state index in [0.717, 1.165) is 0 Å². The third-order valence-electron chi connectivity index (χ3n) is 5.67. The minimum absolute atomic E-state index is 1.23. The number of allylic oxidation sites excluding steroid dienone is 12. The van der Waals surface area contributed by atoms with Crippen molar-refractivity contribution in [2.45, 2.75) is 97.8 Å². The monoisotopic (exact) mass is 529 g/mol. The molecule has 0 unspecified atom stereocenters. The van der Waals surface area contributed by atoms with Crippen LogP contribution in [-0.2, 0) is 0 Å². The zero-order valence-electron chi connectivity index (χ0n) is 18.2. The van der Waals surface area contributed by atoms with Crippen LogP contribution in [-0.4, -0.2) is 0 Å². The summed E-state index contributed by atoms with van der Waals surface area (Å²) in [6.45, 7) is 6.98. The molecule has 0 bridgehead atoms. The Kier molecular flexibility index (Phi) is 9.40. The van der Waals surface area contributed by atoms with Crippen molar-refractivity contribution < 1.29 is 31.5 Å². The van der Waals surface area contributed by atoms with E-state index >= 15 is 0 Å². The van der Waals surface area contributed by atoms with Crippen LogP contribution in [0.4, 0.5) is 0 Å². The van der Waals surface area contributed by atoms with E-state index in [1.54, 1.807) is 16.7 Å². The van der Waals surface area contributed by atoms with E-state index in [1.807, 2.05) is 5.20 Å². The van der Waals surface area contributed by atoms with E-state index in [-0.39, 0.29) is 0 Å². The van der Waals surface area contributed by atoms with Gasteiger partial charge in [0.25, 0.3) is 0 Å². The molecule has 0 aromatic heterocycles. The van der Waals surface area contributed by atoms with E-state index in [9.17, 15) is 0 Å². The fraction of sp³-hybridized carbons (Fsp3) is 0.556. The number of hydrogen-bond donors (Lipinski definition) is 0. The summed E-state index contributed by atoms with van der Waals surface area (Å²) in [5.41, 5.74) is 5.13. The van der Waals surface area contributed by atoms with Crippen molar-refractivity contribution in [2.24, 2.45) is 0 Å². The number of unbranched alkanes of at least 4 members (excludes halogenated alkanes) is 3. The van der Waals surface area contributed by atoms with Crippen molar-refractivity contribution in [2.75, 3.05) is 0 Å². The van der Waals surface area contributed by atoms with Gasteiger partial charge in [0.05, 0.1) is 0 Å². The molecule has 0 heterocycles. The Labute approximate surface area is 186 Å². The summed E-state index contributed by atoms with van der Waals surface area (Å²) in [7, 11) is 0. The first-order chi connectivity index (χ1) is 13.8. The van der Waals surface area contributed by atoms with Crippen LogP contribution < -0.4 is 0 Å². The zero-order valence-corrected chi connectivity index (χ0v) is 20.1. The van der Waals surface area contributed by atoms with E-state index in [2.05, 4.69) is 57.2 Å². The van der Waals surface area contributed by atoms with Gasteiger partial charge >= 0.3 is 188 Å². The molecule has 0 nitrogen and oxygen atoms in total. The second-order valence-electron chi connectivity index (χ2n) is 7.98. The van der Waals surface area contributed by atoms with Crippen LogP contribution in [0, 0.1) is 31.5 Å². The molecule has 3 aliphatic rings. The standard InChI is InChI=1S/3C9H13.Er/c3*1-2-3-6-9-7-4-5-8-9;/h3*4,7H,2-3,5-6H2,1H3;. The van der Waals surface area contributed by atoms with E-state index in [4.69, 9.17) is 0 Å². The maximum atomic E-state index is 2.48. The molecule has 0 aliphatic heterocycles. The Bertz CT molecular complexity index is 624. The van der Waals surface area contributed by atoms with Crippen LogP contribution in [0.5, 0.6) is 0 Å². The van der Waals surface area contributed by atoms with Crippen LogP contribution in [0.1, 0.15) is 97.8 Å². The molecule has 3 aliphatic carbocycles. The first-order valence-corrected chi connectivity index (χ1v) is 14.3. The van der Waals surface area contributed by atoms with Gasteiger partial charge in [-0.25, -0.2) is 0 Å². The topological polar surface area (TPSA) is 0 Å². The van der Waals surface area contributed by atoms with Gasteiger partial charge in [0, 0.05) is 0 Å². The molecule has 28 heavy (non-hydrogen) atoms. The van der Waals surface area contributed by atoms with Crippen LogP contribution in [0.15, 0.2) is 58.4 Å². The van der Waals surface area contributed by atoms with Crippen molar-refractivity contribution in [3.63, 3.8) is 0 Å². The van der Waals surface area contributed by atoms with Crippen LogP contribution in [0.25, 0.3) is 0 Å². The molecular weight excluding hydrogens is 492 g/mol. The van der Waals surface area contributed by atoms with Crippen LogP contribution in [0.3, 0.4) is 0 Å². The summed E-state index contributed by atoms with van der Waals surface area (Å²) in [6, 6.07) is 0. The molecule has 1 heteroatoms. The third-order valence-corrected chi connectivity index (χ3v) is 11.9. The maximum absolute atomic E-state index is 2.48. The average Bonchev–Trinajstić information content (AvgIpc) is 3.46. The Balaban J connectivity index is 2.00. The Morgan fingerprint density at radius 3 is 1.18 bits per heavy atom. The second-order valence-corrected chi connectivity index (χ2v) is 12.7. The van der Waals surface area contributed by atoms with Crippen LogP contribution in [0.2, 0.25) is 0 Å². The van der Waals surface area contributed by atoms with Crippen molar-refractivity contribution in [3.05, 3.63) is 58.4 Å². The van der Waals surface area contributed by atoms with Crippen LogP contribution >= 0.6 is 0 Å². The fourth-order valence-electron chi connectivity index (χ4n) is 4.02. The van der Waals surface area contributed by atoms with Gasteiger partial charge in [0.15, 0.2) is 0 Å². The SMILES string of the molecule is CCCCC1=[C]([Er]([C]2=C(CCCC)C=CC2)[C]2=C(CCCC)C=CC2)CC=C1. The Morgan fingerprint density at radius 2 is 0.893 bits per heavy atom. The first kappa shape index (κ1) is 22.4. The molecule has 0 atom stereocenters. The summed E-state index contributed by atoms with van der Waals surface area (Å²) in [6.07, 6.45) is 30.3. The molecule has 0 saturated carbocycles. The van der Waals surface area contributed by atoms with Gasteiger partial charge in [-0.1, -0.05) is 0 Å². The molecule has 0 N–H and O–H groups in total. The summed E-state index contributed by atoms with van der Waals surface area (Å²) < 4.78 is 5.61. The van der Waals surface area contributed by atoms with Crippen molar-refractivity contribution in [1.82, 2.24) is 0 Å². The van der Waals surface area contributed by atoms with Gasteiger partial charge in [0.2, 0.25) is 0 Å². The van der Waals surface area contributed by atoms with Crippen molar-refractivity contribution in [3.8, 4) is 0 Å². The molecule has 0 fully saturated rings. The Morgan fingerprint density at radius 1 is 0.571 bits per heavy atom. The van der Waals surface area contributed by atoms with E-state index in [1.165, 1.54) is 77.0 Å². The van der Waals surface area contributed by atoms with E-state index in [0.29, 0.717) is 0 Å². The first-order valence-electron chi connectivity index (χ1n) is 11.5. The summed E-state index contributed by atoms with van der Waals surface area (Å²) in [4.78, 5) is 0. The fourth-order valence-corrected chi connectivity index (χ4v) is 10.8. The average molecular weight is 531 g/mol. The van der Waals surface area contributed by atoms with E-state index < -0.39 is 31.5 Å². The second kappa shape index (κ2) is 11.8. The van der Waals surface area contributed by atoms with Gasteiger partial charge in [0.1, 0.15) is 0 Å². The molecule has 0 spiro atoms. The van der Waals surface area contributed by atoms with Gasteiger partial charge < -0.3 is 0 Å². The summed E-state index contributed by atoms with van der Waals surface area (Å²) in [5.74, 6) is 0. The Hall–Kier alpha value is -0.313. The molecule has 3 rings (SSSR count). The predicted molar refractivity (Wildman–Crippen MR) is 121 cm³/mol. The quantitative estimate of drug-likeness (QED) is 0.236. The number of hydrogen-bond acceptors (Lipinski definition) is 0. The van der Waals surface area contributed by atoms with Gasteiger partial charge in [-0.3, -0.25) is 0 Å².